The second kappa shape index (κ2) is 5.19. The van der Waals surface area contributed by atoms with E-state index in [1.54, 1.807) is 6.07 Å². The van der Waals surface area contributed by atoms with Crippen LogP contribution in [0.25, 0.3) is 0 Å². The molecule has 0 bridgehead atoms. The number of halogens is 1. The van der Waals surface area contributed by atoms with Gasteiger partial charge >= 0.3 is 6.09 Å². The van der Waals surface area contributed by atoms with Gasteiger partial charge in [-0.3, -0.25) is 0 Å². The molecule has 1 aromatic rings. The molecular formula is C14H18INO3. The Hall–Kier alpha value is -0.980. The third-order valence-corrected chi connectivity index (χ3v) is 3.84. The number of carbonyl (C=O) groups excluding carboxylic acids is 1. The van der Waals surface area contributed by atoms with Gasteiger partial charge in [0.05, 0.1) is 9.61 Å². The molecule has 1 aliphatic rings. The molecule has 1 aliphatic carbocycles. The molecule has 19 heavy (non-hydrogen) atoms. The lowest BCUT2D eigenvalue weighted by Crippen LogP contribution is -2.34. The minimum Gasteiger partial charge on any atom is -0.507 e. The second-order valence-electron chi connectivity index (χ2n) is 5.74. The molecule has 0 spiro atoms. The van der Waals surface area contributed by atoms with E-state index in [9.17, 15) is 9.90 Å². The summed E-state index contributed by atoms with van der Waals surface area (Å²) in [6, 6.07) is 3.64. The standard InChI is InChI=1S/C14H18INO3/c1-14(2,3)19-13(18)16-11-5-4-8-6-10(15)12(17)7-9(8)11/h6-7,11,17H,4-5H2,1-3H3,(H,16,18)/t11-/m0/s1. The number of phenols is 1. The van der Waals surface area contributed by atoms with Crippen LogP contribution < -0.4 is 5.32 Å². The first-order valence-corrected chi connectivity index (χ1v) is 7.35. The number of amides is 1. The van der Waals surface area contributed by atoms with Crippen LogP contribution in [0.4, 0.5) is 4.79 Å². The van der Waals surface area contributed by atoms with Crippen LogP contribution in [0.1, 0.15) is 44.4 Å². The molecule has 0 heterocycles. The summed E-state index contributed by atoms with van der Waals surface area (Å²) in [5.41, 5.74) is 1.67. The van der Waals surface area contributed by atoms with Crippen molar-refractivity contribution in [2.24, 2.45) is 0 Å². The van der Waals surface area contributed by atoms with E-state index in [-0.39, 0.29) is 11.8 Å². The maximum atomic E-state index is 11.8. The molecular weight excluding hydrogens is 357 g/mol. The van der Waals surface area contributed by atoms with Crippen molar-refractivity contribution in [1.29, 1.82) is 0 Å². The summed E-state index contributed by atoms with van der Waals surface area (Å²) < 4.78 is 6.10. The Balaban J connectivity index is 2.11. The van der Waals surface area contributed by atoms with E-state index in [1.807, 2.05) is 26.8 Å². The Morgan fingerprint density at radius 1 is 1.47 bits per heavy atom. The number of rotatable bonds is 1. The van der Waals surface area contributed by atoms with Gasteiger partial charge in [-0.15, -0.1) is 0 Å². The average Bonchev–Trinajstić information content (AvgIpc) is 2.59. The van der Waals surface area contributed by atoms with E-state index >= 15 is 0 Å². The van der Waals surface area contributed by atoms with Gasteiger partial charge in [0.2, 0.25) is 0 Å². The Morgan fingerprint density at radius 2 is 2.16 bits per heavy atom. The normalized spacial score (nSPS) is 18.0. The Kier molecular flexibility index (Phi) is 3.94. The Morgan fingerprint density at radius 3 is 2.79 bits per heavy atom. The lowest BCUT2D eigenvalue weighted by atomic mass is 10.1. The summed E-state index contributed by atoms with van der Waals surface area (Å²) in [4.78, 5) is 11.8. The number of fused-ring (bicyclic) bond motifs is 1. The van der Waals surface area contributed by atoms with Crippen LogP contribution in [-0.4, -0.2) is 16.8 Å². The SMILES string of the molecule is CC(C)(C)OC(=O)N[C@H]1CCc2cc(I)c(O)cc21. The molecule has 0 aliphatic heterocycles. The van der Waals surface area contributed by atoms with E-state index in [0.717, 1.165) is 22.0 Å². The summed E-state index contributed by atoms with van der Waals surface area (Å²) in [5, 5.41) is 12.6. The van der Waals surface area contributed by atoms with Crippen molar-refractivity contribution in [2.75, 3.05) is 0 Å². The number of phenolic OH excluding ortho intramolecular Hbond substituents is 1. The maximum Gasteiger partial charge on any atom is 0.408 e. The van der Waals surface area contributed by atoms with Gasteiger partial charge in [-0.05, 0) is 79.5 Å². The first-order valence-electron chi connectivity index (χ1n) is 6.27. The Labute approximate surface area is 126 Å². The quantitative estimate of drug-likeness (QED) is 0.739. The monoisotopic (exact) mass is 375 g/mol. The van der Waals surface area contributed by atoms with Crippen molar-refractivity contribution < 1.29 is 14.6 Å². The van der Waals surface area contributed by atoms with E-state index in [2.05, 4.69) is 27.9 Å². The molecule has 0 fully saturated rings. The fourth-order valence-electron chi connectivity index (χ4n) is 2.22. The molecule has 5 heteroatoms. The van der Waals surface area contributed by atoms with Crippen molar-refractivity contribution in [3.05, 3.63) is 26.8 Å². The van der Waals surface area contributed by atoms with Crippen molar-refractivity contribution in [3.8, 4) is 5.75 Å². The molecule has 0 radical (unpaired) electrons. The second-order valence-corrected chi connectivity index (χ2v) is 6.90. The first kappa shape index (κ1) is 14.4. The summed E-state index contributed by atoms with van der Waals surface area (Å²) in [6.45, 7) is 5.51. The summed E-state index contributed by atoms with van der Waals surface area (Å²) in [7, 11) is 0. The molecule has 0 unspecified atom stereocenters. The average molecular weight is 375 g/mol. The molecule has 1 amide bonds. The Bertz CT molecular complexity index is 508. The summed E-state index contributed by atoms with van der Waals surface area (Å²) in [5.74, 6) is 0.261. The third kappa shape index (κ3) is 3.52. The van der Waals surface area contributed by atoms with Crippen LogP contribution in [0.3, 0.4) is 0 Å². The van der Waals surface area contributed by atoms with Gasteiger partial charge in [0, 0.05) is 0 Å². The number of alkyl carbamates (subject to hydrolysis) is 1. The maximum absolute atomic E-state index is 11.8. The van der Waals surface area contributed by atoms with Crippen LogP contribution in [-0.2, 0) is 11.2 Å². The molecule has 2 N–H and O–H groups in total. The molecule has 2 rings (SSSR count). The van der Waals surface area contributed by atoms with Crippen LogP contribution in [0.5, 0.6) is 5.75 Å². The topological polar surface area (TPSA) is 58.6 Å². The first-order chi connectivity index (χ1) is 8.76. The highest BCUT2D eigenvalue weighted by Crippen LogP contribution is 2.36. The van der Waals surface area contributed by atoms with Gasteiger partial charge in [-0.1, -0.05) is 0 Å². The van der Waals surface area contributed by atoms with Crippen molar-refractivity contribution in [1.82, 2.24) is 5.32 Å². The number of nitrogens with one attached hydrogen (secondary N) is 1. The van der Waals surface area contributed by atoms with Gasteiger partial charge in [0.25, 0.3) is 0 Å². The van der Waals surface area contributed by atoms with Gasteiger partial charge in [-0.25, -0.2) is 4.79 Å². The van der Waals surface area contributed by atoms with E-state index in [0.29, 0.717) is 0 Å². The van der Waals surface area contributed by atoms with Gasteiger partial charge < -0.3 is 15.2 Å². The third-order valence-electron chi connectivity index (χ3n) is 2.98. The molecule has 0 saturated carbocycles. The lowest BCUT2D eigenvalue weighted by Gasteiger charge is -2.22. The van der Waals surface area contributed by atoms with E-state index < -0.39 is 11.7 Å². The number of hydrogen-bond donors (Lipinski definition) is 2. The number of aromatic hydroxyl groups is 1. The lowest BCUT2D eigenvalue weighted by molar-refractivity contribution is 0.0503. The smallest absolute Gasteiger partial charge is 0.408 e. The zero-order valence-corrected chi connectivity index (χ0v) is 13.4. The highest BCUT2D eigenvalue weighted by molar-refractivity contribution is 14.1. The van der Waals surface area contributed by atoms with Crippen LogP contribution in [0, 0.1) is 3.57 Å². The number of ether oxygens (including phenoxy) is 1. The van der Waals surface area contributed by atoms with E-state index in [1.165, 1.54) is 5.56 Å². The highest BCUT2D eigenvalue weighted by Gasteiger charge is 2.27. The summed E-state index contributed by atoms with van der Waals surface area (Å²) >= 11 is 2.11. The van der Waals surface area contributed by atoms with Crippen molar-refractivity contribution >= 4 is 28.7 Å². The molecule has 1 atom stereocenters. The predicted molar refractivity (Wildman–Crippen MR) is 81.3 cm³/mol. The molecule has 0 aromatic heterocycles. The molecule has 1 aromatic carbocycles. The van der Waals surface area contributed by atoms with Crippen LogP contribution >= 0.6 is 22.6 Å². The van der Waals surface area contributed by atoms with Crippen molar-refractivity contribution in [2.45, 2.75) is 45.3 Å². The fourth-order valence-corrected chi connectivity index (χ4v) is 2.75. The highest BCUT2D eigenvalue weighted by atomic mass is 127. The number of aryl methyl sites for hydroxylation is 1. The minimum absolute atomic E-state index is 0.0762. The van der Waals surface area contributed by atoms with Gasteiger partial charge in [0.1, 0.15) is 11.4 Å². The molecule has 4 nitrogen and oxygen atoms in total. The molecule has 0 saturated heterocycles. The molecule has 104 valence electrons. The van der Waals surface area contributed by atoms with Gasteiger partial charge in [0.15, 0.2) is 0 Å². The van der Waals surface area contributed by atoms with Crippen LogP contribution in [0.15, 0.2) is 12.1 Å². The largest absolute Gasteiger partial charge is 0.507 e. The number of benzene rings is 1. The minimum atomic E-state index is -0.500. The summed E-state index contributed by atoms with van der Waals surface area (Å²) in [6.07, 6.45) is 1.34. The number of carbonyl (C=O) groups is 1. The predicted octanol–water partition coefficient (Wildman–Crippen LogP) is 3.51. The number of hydrogen-bond acceptors (Lipinski definition) is 3. The zero-order valence-electron chi connectivity index (χ0n) is 11.3. The van der Waals surface area contributed by atoms with Gasteiger partial charge in [-0.2, -0.15) is 0 Å². The fraction of sp³-hybridized carbons (Fsp3) is 0.500. The zero-order chi connectivity index (χ0) is 14.2. The van der Waals surface area contributed by atoms with E-state index in [4.69, 9.17) is 4.74 Å². The van der Waals surface area contributed by atoms with Crippen LogP contribution in [0.2, 0.25) is 0 Å². The van der Waals surface area contributed by atoms with Crippen molar-refractivity contribution in [3.63, 3.8) is 0 Å².